The minimum absolute atomic E-state index is 0.0239. The lowest BCUT2D eigenvalue weighted by Gasteiger charge is -1.97. The Morgan fingerprint density at radius 1 is 1.40 bits per heavy atom. The third-order valence-electron chi connectivity index (χ3n) is 2.02. The first-order valence-corrected chi connectivity index (χ1v) is 4.05. The van der Waals surface area contributed by atoms with Crippen LogP contribution in [0.25, 0.3) is 10.9 Å². The molecule has 0 aliphatic heterocycles. The van der Waals surface area contributed by atoms with Gasteiger partial charge in [0, 0.05) is 5.52 Å². The number of benzene rings is 1. The van der Waals surface area contributed by atoms with Crippen molar-refractivity contribution in [2.45, 2.75) is 0 Å². The van der Waals surface area contributed by atoms with Crippen molar-refractivity contribution >= 4 is 16.6 Å². The van der Waals surface area contributed by atoms with Gasteiger partial charge in [0.2, 0.25) is 0 Å². The fraction of sp³-hybridized carbons (Fsp3) is 0. The van der Waals surface area contributed by atoms with Crippen LogP contribution < -0.4 is 5.43 Å². The number of nitro groups is 1. The topological polar surface area (TPSA) is 76.0 Å². The number of H-pyrrole nitrogens is 1. The molecule has 1 aromatic heterocycles. The second kappa shape index (κ2) is 3.16. The van der Waals surface area contributed by atoms with Crippen LogP contribution in [0.1, 0.15) is 0 Å². The molecule has 0 spiro atoms. The van der Waals surface area contributed by atoms with Crippen LogP contribution in [0, 0.1) is 15.9 Å². The normalized spacial score (nSPS) is 10.5. The molecule has 2 aromatic rings. The number of nitrogens with zero attached hydrogens (tertiary/aromatic N) is 1. The number of hydrogen-bond donors (Lipinski definition) is 1. The van der Waals surface area contributed by atoms with Crippen molar-refractivity contribution in [1.82, 2.24) is 4.98 Å². The number of pyridine rings is 1. The van der Waals surface area contributed by atoms with Gasteiger partial charge in [-0.2, -0.15) is 0 Å². The first kappa shape index (κ1) is 9.32. The summed E-state index contributed by atoms with van der Waals surface area (Å²) in [7, 11) is 0. The molecule has 0 aliphatic carbocycles. The van der Waals surface area contributed by atoms with Crippen molar-refractivity contribution < 1.29 is 9.31 Å². The molecular weight excluding hydrogens is 203 g/mol. The van der Waals surface area contributed by atoms with Crippen molar-refractivity contribution in [3.63, 3.8) is 0 Å². The van der Waals surface area contributed by atoms with Crippen LogP contribution in [0.3, 0.4) is 0 Å². The fourth-order valence-electron chi connectivity index (χ4n) is 1.32. The van der Waals surface area contributed by atoms with Crippen molar-refractivity contribution in [3.8, 4) is 0 Å². The quantitative estimate of drug-likeness (QED) is 0.570. The van der Waals surface area contributed by atoms with E-state index in [1.807, 2.05) is 0 Å². The van der Waals surface area contributed by atoms with Crippen LogP contribution in [-0.2, 0) is 0 Å². The summed E-state index contributed by atoms with van der Waals surface area (Å²) in [6.07, 6.45) is 1.00. The van der Waals surface area contributed by atoms with E-state index in [1.54, 1.807) is 0 Å². The lowest BCUT2D eigenvalue weighted by molar-refractivity contribution is -0.386. The van der Waals surface area contributed by atoms with E-state index in [9.17, 15) is 19.3 Å². The van der Waals surface area contributed by atoms with Crippen LogP contribution in [0.4, 0.5) is 10.1 Å². The van der Waals surface area contributed by atoms with Gasteiger partial charge in [0.05, 0.1) is 16.5 Å². The number of nitrogens with one attached hydrogen (secondary N) is 1. The minimum Gasteiger partial charge on any atom is -0.355 e. The van der Waals surface area contributed by atoms with Crippen LogP contribution >= 0.6 is 0 Å². The number of aromatic amines is 1. The van der Waals surface area contributed by atoms with Gasteiger partial charge in [-0.3, -0.25) is 14.9 Å². The van der Waals surface area contributed by atoms with E-state index in [1.165, 1.54) is 12.1 Å². The zero-order chi connectivity index (χ0) is 11.0. The van der Waals surface area contributed by atoms with Crippen LogP contribution in [-0.4, -0.2) is 9.91 Å². The Balaban J connectivity index is 2.89. The standard InChI is InChI=1S/C9H5FN2O3/c10-5-1-2-7-6(3-5)9(13)8(4-11-7)12(14)15/h1-4H,(H,11,13). The summed E-state index contributed by atoms with van der Waals surface area (Å²) in [6.45, 7) is 0. The third kappa shape index (κ3) is 1.45. The lowest BCUT2D eigenvalue weighted by atomic mass is 10.2. The molecule has 76 valence electrons. The van der Waals surface area contributed by atoms with Gasteiger partial charge in [-0.1, -0.05) is 0 Å². The molecule has 1 heterocycles. The number of halogens is 1. The van der Waals surface area contributed by atoms with E-state index in [0.29, 0.717) is 5.52 Å². The van der Waals surface area contributed by atoms with Gasteiger partial charge in [-0.25, -0.2) is 4.39 Å². The van der Waals surface area contributed by atoms with Gasteiger partial charge < -0.3 is 4.98 Å². The van der Waals surface area contributed by atoms with Crippen molar-refractivity contribution in [1.29, 1.82) is 0 Å². The monoisotopic (exact) mass is 208 g/mol. The van der Waals surface area contributed by atoms with Gasteiger partial charge in [-0.05, 0) is 18.2 Å². The SMILES string of the molecule is O=c1c([N+](=O)[O-])c[nH]c2ccc(F)cc12. The summed E-state index contributed by atoms with van der Waals surface area (Å²) in [5.41, 5.74) is -1.01. The van der Waals surface area contributed by atoms with Crippen LogP contribution in [0.2, 0.25) is 0 Å². The molecule has 2 rings (SSSR count). The van der Waals surface area contributed by atoms with Gasteiger partial charge in [0.1, 0.15) is 5.82 Å². The zero-order valence-corrected chi connectivity index (χ0v) is 7.36. The smallest absolute Gasteiger partial charge is 0.332 e. The highest BCUT2D eigenvalue weighted by Gasteiger charge is 2.14. The maximum absolute atomic E-state index is 12.8. The zero-order valence-electron chi connectivity index (χ0n) is 7.36. The van der Waals surface area contributed by atoms with E-state index in [0.717, 1.165) is 12.3 Å². The Hall–Kier alpha value is -2.24. The molecule has 1 N–H and O–H groups in total. The number of hydrogen-bond acceptors (Lipinski definition) is 3. The molecule has 0 fully saturated rings. The molecule has 0 bridgehead atoms. The molecule has 0 saturated carbocycles. The number of fused-ring (bicyclic) bond motifs is 1. The van der Waals surface area contributed by atoms with E-state index >= 15 is 0 Å². The van der Waals surface area contributed by atoms with Gasteiger partial charge in [0.25, 0.3) is 5.43 Å². The van der Waals surface area contributed by atoms with Crippen LogP contribution in [0.5, 0.6) is 0 Å². The third-order valence-corrected chi connectivity index (χ3v) is 2.02. The Morgan fingerprint density at radius 3 is 2.80 bits per heavy atom. The summed E-state index contributed by atoms with van der Waals surface area (Å²) in [6, 6.07) is 3.50. The van der Waals surface area contributed by atoms with E-state index in [-0.39, 0.29) is 5.39 Å². The van der Waals surface area contributed by atoms with Crippen molar-refractivity contribution in [3.05, 3.63) is 50.6 Å². The molecule has 15 heavy (non-hydrogen) atoms. The second-order valence-corrected chi connectivity index (χ2v) is 2.95. The fourth-order valence-corrected chi connectivity index (χ4v) is 1.32. The predicted octanol–water partition coefficient (Wildman–Crippen LogP) is 1.58. The van der Waals surface area contributed by atoms with E-state index in [2.05, 4.69) is 4.98 Å². The second-order valence-electron chi connectivity index (χ2n) is 2.95. The molecule has 6 heteroatoms. The molecule has 0 atom stereocenters. The molecule has 1 aromatic carbocycles. The Kier molecular flexibility index (Phi) is 1.96. The highest BCUT2D eigenvalue weighted by molar-refractivity contribution is 5.80. The highest BCUT2D eigenvalue weighted by Crippen LogP contribution is 2.12. The predicted molar refractivity (Wildman–Crippen MR) is 51.2 cm³/mol. The summed E-state index contributed by atoms with van der Waals surface area (Å²) in [5.74, 6) is -0.603. The first-order chi connectivity index (χ1) is 7.09. The first-order valence-electron chi connectivity index (χ1n) is 4.05. The molecular formula is C9H5FN2O3. The summed E-state index contributed by atoms with van der Waals surface area (Å²) >= 11 is 0. The molecule has 0 unspecified atom stereocenters. The number of rotatable bonds is 1. The van der Waals surface area contributed by atoms with E-state index in [4.69, 9.17) is 0 Å². The molecule has 5 nitrogen and oxygen atoms in total. The van der Waals surface area contributed by atoms with Crippen molar-refractivity contribution in [2.75, 3.05) is 0 Å². The largest absolute Gasteiger partial charge is 0.355 e. The van der Waals surface area contributed by atoms with Crippen LogP contribution in [0.15, 0.2) is 29.2 Å². The highest BCUT2D eigenvalue weighted by atomic mass is 19.1. The van der Waals surface area contributed by atoms with Gasteiger partial charge in [-0.15, -0.1) is 0 Å². The summed E-state index contributed by atoms with van der Waals surface area (Å²) in [5, 5.41) is 10.4. The Bertz CT molecular complexity index is 606. The summed E-state index contributed by atoms with van der Waals surface area (Å²) < 4.78 is 12.8. The maximum Gasteiger partial charge on any atom is 0.332 e. The number of aromatic nitrogens is 1. The Morgan fingerprint density at radius 2 is 2.13 bits per heavy atom. The average molecular weight is 208 g/mol. The molecule has 0 amide bonds. The lowest BCUT2D eigenvalue weighted by Crippen LogP contribution is -2.09. The molecule has 0 radical (unpaired) electrons. The summed E-state index contributed by atoms with van der Waals surface area (Å²) in [4.78, 5) is 23.7. The van der Waals surface area contributed by atoms with Crippen molar-refractivity contribution in [2.24, 2.45) is 0 Å². The van der Waals surface area contributed by atoms with E-state index < -0.39 is 21.9 Å². The molecule has 0 saturated heterocycles. The minimum atomic E-state index is -0.802. The molecule has 0 aliphatic rings. The Labute approximate surface area is 82.3 Å². The van der Waals surface area contributed by atoms with Gasteiger partial charge in [0.15, 0.2) is 0 Å². The average Bonchev–Trinajstić information content (AvgIpc) is 2.19. The van der Waals surface area contributed by atoms with Gasteiger partial charge >= 0.3 is 5.69 Å². The maximum atomic E-state index is 12.8.